The van der Waals surface area contributed by atoms with Gasteiger partial charge in [-0.25, -0.2) is 4.39 Å². The van der Waals surface area contributed by atoms with Crippen molar-refractivity contribution >= 4 is 23.2 Å². The molecule has 0 bridgehead atoms. The van der Waals surface area contributed by atoms with Crippen molar-refractivity contribution in [2.75, 3.05) is 6.54 Å². The van der Waals surface area contributed by atoms with Crippen molar-refractivity contribution in [1.29, 1.82) is 0 Å². The van der Waals surface area contributed by atoms with Crippen LogP contribution in [0.4, 0.5) is 4.39 Å². The second-order valence-corrected chi connectivity index (χ2v) is 5.20. The van der Waals surface area contributed by atoms with Gasteiger partial charge in [0.25, 0.3) is 0 Å². The van der Waals surface area contributed by atoms with E-state index < -0.39 is 0 Å². The van der Waals surface area contributed by atoms with Crippen molar-refractivity contribution < 1.29 is 4.39 Å². The highest BCUT2D eigenvalue weighted by Crippen LogP contribution is 2.18. The lowest BCUT2D eigenvalue weighted by atomic mass is 10.1. The molecule has 0 spiro atoms. The van der Waals surface area contributed by atoms with Crippen LogP contribution in [0.3, 0.4) is 0 Å². The predicted octanol–water partition coefficient (Wildman–Crippen LogP) is 4.46. The van der Waals surface area contributed by atoms with Crippen LogP contribution in [0.25, 0.3) is 0 Å². The average molecular weight is 298 g/mol. The third kappa shape index (κ3) is 4.83. The maximum Gasteiger partial charge on any atom is 0.123 e. The van der Waals surface area contributed by atoms with Crippen molar-refractivity contribution in [2.45, 2.75) is 13.0 Å². The van der Waals surface area contributed by atoms with Gasteiger partial charge in [-0.15, -0.1) is 0 Å². The van der Waals surface area contributed by atoms with E-state index in [1.165, 1.54) is 12.1 Å². The molecule has 0 unspecified atom stereocenters. The van der Waals surface area contributed by atoms with Crippen LogP contribution < -0.4 is 5.32 Å². The summed E-state index contributed by atoms with van der Waals surface area (Å²) in [7, 11) is 0. The normalized spacial score (nSPS) is 10.7. The first-order chi connectivity index (χ1) is 9.13. The van der Waals surface area contributed by atoms with Crippen LogP contribution in [0.1, 0.15) is 11.1 Å². The number of rotatable bonds is 5. The van der Waals surface area contributed by atoms with E-state index >= 15 is 0 Å². The van der Waals surface area contributed by atoms with Gasteiger partial charge in [0.1, 0.15) is 5.82 Å². The molecule has 0 amide bonds. The van der Waals surface area contributed by atoms with Gasteiger partial charge in [0.05, 0.1) is 0 Å². The van der Waals surface area contributed by atoms with Gasteiger partial charge in [-0.05, 0) is 54.4 Å². The van der Waals surface area contributed by atoms with Crippen LogP contribution in [0.2, 0.25) is 10.0 Å². The van der Waals surface area contributed by atoms with Crippen molar-refractivity contribution in [1.82, 2.24) is 5.32 Å². The monoisotopic (exact) mass is 297 g/mol. The van der Waals surface area contributed by atoms with Gasteiger partial charge in [0, 0.05) is 16.6 Å². The van der Waals surface area contributed by atoms with Crippen LogP contribution in [-0.2, 0) is 13.0 Å². The van der Waals surface area contributed by atoms with Gasteiger partial charge < -0.3 is 5.32 Å². The van der Waals surface area contributed by atoms with Gasteiger partial charge in [-0.2, -0.15) is 0 Å². The zero-order valence-electron chi connectivity index (χ0n) is 10.3. The number of hydrogen-bond donors (Lipinski definition) is 1. The third-order valence-corrected chi connectivity index (χ3v) is 3.19. The number of nitrogens with one attached hydrogen (secondary N) is 1. The molecule has 1 N–H and O–H groups in total. The first-order valence-corrected chi connectivity index (χ1v) is 6.79. The molecule has 1 nitrogen and oxygen atoms in total. The lowest BCUT2D eigenvalue weighted by Crippen LogP contribution is -2.16. The molecule has 0 aliphatic heterocycles. The molecule has 0 heterocycles. The second-order valence-electron chi connectivity index (χ2n) is 4.33. The maximum absolute atomic E-state index is 12.7. The summed E-state index contributed by atoms with van der Waals surface area (Å²) < 4.78 is 12.7. The Hall–Kier alpha value is -1.09. The van der Waals surface area contributed by atoms with Crippen LogP contribution in [-0.4, -0.2) is 6.54 Å². The van der Waals surface area contributed by atoms with E-state index in [1.807, 2.05) is 12.1 Å². The summed E-state index contributed by atoms with van der Waals surface area (Å²) >= 11 is 11.9. The van der Waals surface area contributed by atoms with E-state index in [0.717, 1.165) is 24.1 Å². The summed E-state index contributed by atoms with van der Waals surface area (Å²) in [6, 6.07) is 12.0. The SMILES string of the molecule is Fc1ccc(CCNCc2cc(Cl)cc(Cl)c2)cc1. The molecule has 0 aromatic heterocycles. The molecule has 0 radical (unpaired) electrons. The first-order valence-electron chi connectivity index (χ1n) is 6.03. The Balaban J connectivity index is 1.79. The Kier molecular flexibility index (Phi) is 5.20. The Bertz CT molecular complexity index is 520. The first kappa shape index (κ1) is 14.3. The highest BCUT2D eigenvalue weighted by molar-refractivity contribution is 6.34. The summed E-state index contributed by atoms with van der Waals surface area (Å²) in [6.45, 7) is 1.53. The topological polar surface area (TPSA) is 12.0 Å². The largest absolute Gasteiger partial charge is 0.312 e. The summed E-state index contributed by atoms with van der Waals surface area (Å²) in [6.07, 6.45) is 0.856. The Morgan fingerprint density at radius 2 is 1.53 bits per heavy atom. The Morgan fingerprint density at radius 3 is 2.16 bits per heavy atom. The molecular formula is C15H14Cl2FN. The fourth-order valence-electron chi connectivity index (χ4n) is 1.83. The molecule has 0 saturated heterocycles. The van der Waals surface area contributed by atoms with E-state index in [4.69, 9.17) is 23.2 Å². The van der Waals surface area contributed by atoms with E-state index in [1.54, 1.807) is 18.2 Å². The number of halogens is 3. The molecule has 2 rings (SSSR count). The van der Waals surface area contributed by atoms with Gasteiger partial charge >= 0.3 is 0 Å². The minimum Gasteiger partial charge on any atom is -0.312 e. The van der Waals surface area contributed by atoms with Crippen molar-refractivity contribution in [3.63, 3.8) is 0 Å². The highest BCUT2D eigenvalue weighted by Gasteiger charge is 1.99. The average Bonchev–Trinajstić information content (AvgIpc) is 2.36. The second kappa shape index (κ2) is 6.90. The zero-order valence-corrected chi connectivity index (χ0v) is 11.8. The number of benzene rings is 2. The Morgan fingerprint density at radius 1 is 0.895 bits per heavy atom. The van der Waals surface area contributed by atoms with Gasteiger partial charge in [0.2, 0.25) is 0 Å². The molecule has 0 saturated carbocycles. The van der Waals surface area contributed by atoms with Gasteiger partial charge in [-0.3, -0.25) is 0 Å². The standard InChI is InChI=1S/C15H14Cl2FN/c16-13-7-12(8-14(17)9-13)10-19-6-5-11-1-3-15(18)4-2-11/h1-4,7-9,19H,5-6,10H2. The minimum atomic E-state index is -0.203. The van der Waals surface area contributed by atoms with E-state index in [9.17, 15) is 4.39 Å². The molecule has 0 fully saturated rings. The lowest BCUT2D eigenvalue weighted by molar-refractivity contribution is 0.626. The van der Waals surface area contributed by atoms with Crippen LogP contribution in [0, 0.1) is 5.82 Å². The van der Waals surface area contributed by atoms with Crippen LogP contribution in [0.15, 0.2) is 42.5 Å². The maximum atomic E-state index is 12.7. The van der Waals surface area contributed by atoms with Crippen molar-refractivity contribution in [3.8, 4) is 0 Å². The third-order valence-electron chi connectivity index (χ3n) is 2.76. The zero-order chi connectivity index (χ0) is 13.7. The van der Waals surface area contributed by atoms with Crippen LogP contribution in [0.5, 0.6) is 0 Å². The fraction of sp³-hybridized carbons (Fsp3) is 0.200. The molecule has 0 aliphatic rings. The van der Waals surface area contributed by atoms with Crippen LogP contribution >= 0.6 is 23.2 Å². The van der Waals surface area contributed by atoms with Crippen molar-refractivity contribution in [3.05, 3.63) is 69.5 Å². The van der Waals surface area contributed by atoms with E-state index in [-0.39, 0.29) is 5.82 Å². The summed E-state index contributed by atoms with van der Waals surface area (Å²) in [5, 5.41) is 4.59. The van der Waals surface area contributed by atoms with E-state index in [0.29, 0.717) is 16.6 Å². The Labute approximate surface area is 122 Å². The minimum absolute atomic E-state index is 0.203. The lowest BCUT2D eigenvalue weighted by Gasteiger charge is -2.06. The molecule has 19 heavy (non-hydrogen) atoms. The molecule has 100 valence electrons. The smallest absolute Gasteiger partial charge is 0.123 e. The molecule has 0 aliphatic carbocycles. The van der Waals surface area contributed by atoms with Crippen molar-refractivity contribution in [2.24, 2.45) is 0 Å². The molecule has 2 aromatic carbocycles. The van der Waals surface area contributed by atoms with Gasteiger partial charge in [-0.1, -0.05) is 35.3 Å². The summed E-state index contributed by atoms with van der Waals surface area (Å²) in [5.74, 6) is -0.203. The highest BCUT2D eigenvalue weighted by atomic mass is 35.5. The molecule has 0 atom stereocenters. The quantitative estimate of drug-likeness (QED) is 0.803. The van der Waals surface area contributed by atoms with E-state index in [2.05, 4.69) is 5.32 Å². The summed E-state index contributed by atoms with van der Waals surface area (Å²) in [5.41, 5.74) is 2.16. The molecule has 2 aromatic rings. The summed E-state index contributed by atoms with van der Waals surface area (Å²) in [4.78, 5) is 0. The van der Waals surface area contributed by atoms with Gasteiger partial charge in [0.15, 0.2) is 0 Å². The fourth-order valence-corrected chi connectivity index (χ4v) is 2.40. The number of hydrogen-bond acceptors (Lipinski definition) is 1. The molecule has 4 heteroatoms. The predicted molar refractivity (Wildman–Crippen MR) is 78.3 cm³/mol. The molecular weight excluding hydrogens is 284 g/mol.